The van der Waals surface area contributed by atoms with Crippen molar-refractivity contribution in [2.75, 3.05) is 36.4 Å². The van der Waals surface area contributed by atoms with Crippen LogP contribution < -0.4 is 10.2 Å². The number of piperazine rings is 1. The van der Waals surface area contributed by atoms with Crippen molar-refractivity contribution < 1.29 is 18.4 Å². The van der Waals surface area contributed by atoms with Crippen molar-refractivity contribution in [3.63, 3.8) is 0 Å². The lowest BCUT2D eigenvalue weighted by Crippen LogP contribution is -2.48. The summed E-state index contributed by atoms with van der Waals surface area (Å²) in [5.74, 6) is -1.10. The summed E-state index contributed by atoms with van der Waals surface area (Å²) >= 11 is 0. The van der Waals surface area contributed by atoms with Crippen LogP contribution in [0, 0.1) is 17.1 Å². The molecule has 7 nitrogen and oxygen atoms in total. The van der Waals surface area contributed by atoms with Crippen LogP contribution in [0.3, 0.4) is 0 Å². The number of hydrogen-bond donors (Lipinski definition) is 1. The average molecular weight is 468 g/mol. The number of anilines is 2. The predicted molar refractivity (Wildman–Crippen MR) is 130 cm³/mol. The van der Waals surface area contributed by atoms with Gasteiger partial charge in [-0.25, -0.2) is 4.39 Å². The molecule has 3 aromatic carbocycles. The van der Waals surface area contributed by atoms with Crippen molar-refractivity contribution in [3.05, 3.63) is 95.5 Å². The highest BCUT2D eigenvalue weighted by Crippen LogP contribution is 2.23. The van der Waals surface area contributed by atoms with Gasteiger partial charge in [0.25, 0.3) is 11.8 Å². The number of para-hydroxylation sites is 1. The van der Waals surface area contributed by atoms with Crippen LogP contribution in [0.5, 0.6) is 0 Å². The van der Waals surface area contributed by atoms with Crippen LogP contribution in [0.25, 0.3) is 11.0 Å². The number of nitriles is 1. The summed E-state index contributed by atoms with van der Waals surface area (Å²) < 4.78 is 19.8. The van der Waals surface area contributed by atoms with Crippen molar-refractivity contribution >= 4 is 34.2 Å². The molecule has 0 bridgehead atoms. The van der Waals surface area contributed by atoms with Gasteiger partial charge in [-0.15, -0.1) is 0 Å². The van der Waals surface area contributed by atoms with Gasteiger partial charge in [-0.05, 0) is 54.6 Å². The highest BCUT2D eigenvalue weighted by molar-refractivity contribution is 6.04. The van der Waals surface area contributed by atoms with Gasteiger partial charge in [0.05, 0.1) is 17.2 Å². The van der Waals surface area contributed by atoms with Crippen LogP contribution in [-0.2, 0) is 0 Å². The molecule has 2 amide bonds. The third-order valence-corrected chi connectivity index (χ3v) is 6.04. The largest absolute Gasteiger partial charge is 0.451 e. The molecular weight excluding hydrogens is 447 g/mol. The van der Waals surface area contributed by atoms with Crippen molar-refractivity contribution in [1.29, 1.82) is 5.26 Å². The molecule has 1 N–H and O–H groups in total. The summed E-state index contributed by atoms with van der Waals surface area (Å²) in [7, 11) is 0. The second kappa shape index (κ2) is 9.31. The minimum atomic E-state index is -0.742. The van der Waals surface area contributed by atoms with E-state index in [0.717, 1.165) is 17.1 Å². The molecule has 0 saturated carbocycles. The fourth-order valence-corrected chi connectivity index (χ4v) is 4.13. The molecule has 1 aliphatic heterocycles. The highest BCUT2D eigenvalue weighted by Gasteiger charge is 2.25. The van der Waals surface area contributed by atoms with Gasteiger partial charge in [-0.2, -0.15) is 5.26 Å². The van der Waals surface area contributed by atoms with Crippen LogP contribution in [0.15, 0.2) is 77.2 Å². The normalized spacial score (nSPS) is 13.5. The molecule has 1 saturated heterocycles. The summed E-state index contributed by atoms with van der Waals surface area (Å²) in [5.41, 5.74) is 2.22. The van der Waals surface area contributed by atoms with Crippen LogP contribution >= 0.6 is 0 Å². The minimum absolute atomic E-state index is 0.117. The number of nitrogens with zero attached hydrogens (tertiary/aromatic N) is 3. The number of furan rings is 1. The first-order chi connectivity index (χ1) is 17.0. The van der Waals surface area contributed by atoms with Gasteiger partial charge < -0.3 is 19.5 Å². The molecule has 1 aliphatic rings. The van der Waals surface area contributed by atoms with Gasteiger partial charge >= 0.3 is 0 Å². The average Bonchev–Trinajstić information content (AvgIpc) is 3.33. The Morgan fingerprint density at radius 2 is 1.69 bits per heavy atom. The molecule has 2 heterocycles. The van der Waals surface area contributed by atoms with Crippen molar-refractivity contribution in [2.24, 2.45) is 0 Å². The fraction of sp³-hybridized carbons (Fsp3) is 0.148. The number of benzene rings is 3. The topological polar surface area (TPSA) is 89.6 Å². The van der Waals surface area contributed by atoms with E-state index < -0.39 is 11.7 Å². The Kier molecular flexibility index (Phi) is 5.90. The first kappa shape index (κ1) is 22.2. The standard InChI is InChI=1S/C27H21FN4O3/c28-23-15-18(17-29)5-10-22(23)26(33)30-20-6-8-21(9-7-20)31-11-13-32(14-12-31)27(34)25-16-19-3-1-2-4-24(19)35-25/h1-10,15-16H,11-14H2,(H,30,33). The van der Waals surface area contributed by atoms with Crippen molar-refractivity contribution in [3.8, 4) is 6.07 Å². The number of carbonyl (C=O) groups is 2. The fourth-order valence-electron chi connectivity index (χ4n) is 4.13. The quantitative estimate of drug-likeness (QED) is 0.471. The summed E-state index contributed by atoms with van der Waals surface area (Å²) in [4.78, 5) is 29.2. The van der Waals surface area contributed by atoms with Gasteiger partial charge in [-0.1, -0.05) is 18.2 Å². The summed E-state index contributed by atoms with van der Waals surface area (Å²) in [6.07, 6.45) is 0. The van der Waals surface area contributed by atoms with E-state index in [1.807, 2.05) is 42.5 Å². The second-order valence-electron chi connectivity index (χ2n) is 8.24. The zero-order valence-electron chi connectivity index (χ0n) is 18.7. The van der Waals surface area contributed by atoms with Crippen LogP contribution in [0.4, 0.5) is 15.8 Å². The smallest absolute Gasteiger partial charge is 0.289 e. The van der Waals surface area contributed by atoms with E-state index in [9.17, 15) is 14.0 Å². The van der Waals surface area contributed by atoms with Gasteiger partial charge in [-0.3, -0.25) is 9.59 Å². The maximum Gasteiger partial charge on any atom is 0.289 e. The zero-order valence-corrected chi connectivity index (χ0v) is 18.7. The Labute approximate surface area is 201 Å². The van der Waals surface area contributed by atoms with E-state index in [1.165, 1.54) is 12.1 Å². The molecule has 1 aromatic heterocycles. The summed E-state index contributed by atoms with van der Waals surface area (Å²) in [6, 6.07) is 22.2. The molecule has 174 valence electrons. The van der Waals surface area contributed by atoms with E-state index in [2.05, 4.69) is 10.2 Å². The second-order valence-corrected chi connectivity index (χ2v) is 8.24. The number of halogens is 1. The first-order valence-electron chi connectivity index (χ1n) is 11.2. The Morgan fingerprint density at radius 1 is 0.943 bits per heavy atom. The Hall–Kier alpha value is -4.64. The predicted octanol–water partition coefficient (Wildman–Crippen LogP) is 4.66. The molecule has 1 fully saturated rings. The van der Waals surface area contributed by atoms with Gasteiger partial charge in [0.15, 0.2) is 5.76 Å². The van der Waals surface area contributed by atoms with E-state index >= 15 is 0 Å². The number of rotatable bonds is 4. The van der Waals surface area contributed by atoms with Crippen LogP contribution in [0.2, 0.25) is 0 Å². The number of carbonyl (C=O) groups excluding carboxylic acids is 2. The Balaban J connectivity index is 1.19. The number of fused-ring (bicyclic) bond motifs is 1. The Bertz CT molecular complexity index is 1410. The third kappa shape index (κ3) is 4.57. The summed E-state index contributed by atoms with van der Waals surface area (Å²) in [6.45, 7) is 2.45. The molecule has 0 aliphatic carbocycles. The van der Waals surface area contributed by atoms with Crippen molar-refractivity contribution in [2.45, 2.75) is 0 Å². The van der Waals surface area contributed by atoms with E-state index in [1.54, 1.807) is 23.1 Å². The molecule has 4 aromatic rings. The van der Waals surface area contributed by atoms with Crippen LogP contribution in [0.1, 0.15) is 26.5 Å². The summed E-state index contributed by atoms with van der Waals surface area (Å²) in [5, 5.41) is 12.4. The third-order valence-electron chi connectivity index (χ3n) is 6.04. The SMILES string of the molecule is N#Cc1ccc(C(=O)Nc2ccc(N3CCN(C(=O)c4cc5ccccc5o4)CC3)cc2)c(F)c1. The number of amides is 2. The van der Waals surface area contributed by atoms with Crippen molar-refractivity contribution in [1.82, 2.24) is 4.90 Å². The highest BCUT2D eigenvalue weighted by atomic mass is 19.1. The number of hydrogen-bond acceptors (Lipinski definition) is 5. The first-order valence-corrected chi connectivity index (χ1v) is 11.2. The van der Waals surface area contributed by atoms with Crippen LogP contribution in [-0.4, -0.2) is 42.9 Å². The molecule has 0 unspecified atom stereocenters. The van der Waals surface area contributed by atoms with E-state index in [0.29, 0.717) is 43.2 Å². The molecule has 0 radical (unpaired) electrons. The zero-order chi connectivity index (χ0) is 24.4. The maximum absolute atomic E-state index is 14.1. The van der Waals surface area contributed by atoms with Gasteiger partial charge in [0, 0.05) is 42.9 Å². The van der Waals surface area contributed by atoms with E-state index in [4.69, 9.17) is 9.68 Å². The lowest BCUT2D eigenvalue weighted by atomic mass is 10.1. The van der Waals surface area contributed by atoms with Gasteiger partial charge in [0.2, 0.25) is 0 Å². The molecule has 0 atom stereocenters. The van der Waals surface area contributed by atoms with Gasteiger partial charge in [0.1, 0.15) is 11.4 Å². The maximum atomic E-state index is 14.1. The number of nitrogens with one attached hydrogen (secondary N) is 1. The lowest BCUT2D eigenvalue weighted by molar-refractivity contribution is 0.0717. The molecule has 35 heavy (non-hydrogen) atoms. The minimum Gasteiger partial charge on any atom is -0.451 e. The molecular formula is C27H21FN4O3. The lowest BCUT2D eigenvalue weighted by Gasteiger charge is -2.35. The molecule has 5 rings (SSSR count). The molecule has 8 heteroatoms. The van der Waals surface area contributed by atoms with E-state index in [-0.39, 0.29) is 17.0 Å². The monoisotopic (exact) mass is 468 g/mol. The molecule has 0 spiro atoms. The Morgan fingerprint density at radius 3 is 2.37 bits per heavy atom.